The van der Waals surface area contributed by atoms with E-state index in [0.717, 1.165) is 47.1 Å². The van der Waals surface area contributed by atoms with Gasteiger partial charge in [0.2, 0.25) is 0 Å². The van der Waals surface area contributed by atoms with Gasteiger partial charge in [-0.05, 0) is 85.6 Å². The van der Waals surface area contributed by atoms with Crippen molar-refractivity contribution in [2.75, 3.05) is 0 Å². The minimum atomic E-state index is -0.621. The van der Waals surface area contributed by atoms with Crippen LogP contribution in [0.2, 0.25) is 0 Å². The number of hydrogen-bond acceptors (Lipinski definition) is 5. The number of rotatable bonds is 19. The van der Waals surface area contributed by atoms with E-state index in [1.54, 1.807) is 0 Å². The van der Waals surface area contributed by atoms with E-state index < -0.39 is 5.92 Å². The van der Waals surface area contributed by atoms with Crippen molar-refractivity contribution in [3.63, 3.8) is 0 Å². The highest BCUT2D eigenvalue weighted by Gasteiger charge is 2.36. The van der Waals surface area contributed by atoms with Crippen molar-refractivity contribution < 1.29 is 24.0 Å². The van der Waals surface area contributed by atoms with E-state index in [4.69, 9.17) is 0 Å². The van der Waals surface area contributed by atoms with Gasteiger partial charge in [-0.3, -0.25) is 24.0 Å². The van der Waals surface area contributed by atoms with Crippen molar-refractivity contribution in [2.24, 2.45) is 17.8 Å². The third kappa shape index (κ3) is 12.6. The van der Waals surface area contributed by atoms with Crippen molar-refractivity contribution >= 4 is 28.9 Å². The van der Waals surface area contributed by atoms with Crippen LogP contribution >= 0.6 is 0 Å². The van der Waals surface area contributed by atoms with Gasteiger partial charge < -0.3 is 0 Å². The van der Waals surface area contributed by atoms with Gasteiger partial charge in [0, 0.05) is 43.1 Å². The third-order valence-electron chi connectivity index (χ3n) is 10.2. The van der Waals surface area contributed by atoms with Crippen LogP contribution < -0.4 is 0 Å². The molecule has 1 aliphatic carbocycles. The first-order valence-corrected chi connectivity index (χ1v) is 19.3. The summed E-state index contributed by atoms with van der Waals surface area (Å²) in [7, 11) is 0. The van der Waals surface area contributed by atoms with E-state index in [9.17, 15) is 24.0 Å². The number of aryl methyl sites for hydroxylation is 3. The number of benzene rings is 3. The number of ketones is 5. The van der Waals surface area contributed by atoms with Crippen molar-refractivity contribution in [2.45, 2.75) is 131 Å². The highest BCUT2D eigenvalue weighted by atomic mass is 16.2. The molecule has 0 fully saturated rings. The predicted octanol–water partition coefficient (Wildman–Crippen LogP) is 10.4. The van der Waals surface area contributed by atoms with Crippen LogP contribution in [-0.2, 0) is 38.4 Å². The molecule has 0 aromatic heterocycles. The van der Waals surface area contributed by atoms with Crippen molar-refractivity contribution in [1.82, 2.24) is 0 Å². The Morgan fingerprint density at radius 2 is 1.35 bits per heavy atom. The number of carbonyl (C=O) groups excluding carboxylic acids is 5. The van der Waals surface area contributed by atoms with Crippen LogP contribution in [0.5, 0.6) is 0 Å². The normalized spacial score (nSPS) is 15.5. The standard InChI is InChI=1S/C43H52O5.C3H8/c1-5-13-34(36(6-2)41(47)24-30(4)44)25-33-26-39-37(22-18-29(3)43(39)42(48)27-33)38(40(46)23-20-32-16-11-8-12-17-32)28-35(45)21-19-31-14-9-7-10-15-31;1-3-2/h7-12,14-18,22,33-34,36,38H,5-6,13,19-21,23-28H2,1-4H3;3H2,1-2H3. The van der Waals surface area contributed by atoms with Gasteiger partial charge in [-0.25, -0.2) is 0 Å². The molecule has 0 radical (unpaired) electrons. The Morgan fingerprint density at radius 3 is 1.90 bits per heavy atom. The van der Waals surface area contributed by atoms with Crippen molar-refractivity contribution in [1.29, 1.82) is 0 Å². The van der Waals surface area contributed by atoms with Crippen molar-refractivity contribution in [3.8, 4) is 0 Å². The molecule has 4 unspecified atom stereocenters. The first kappa shape index (κ1) is 41.4. The summed E-state index contributed by atoms with van der Waals surface area (Å²) in [6.45, 7) is 11.8. The van der Waals surface area contributed by atoms with E-state index in [2.05, 4.69) is 20.8 Å². The van der Waals surface area contributed by atoms with Gasteiger partial charge in [-0.2, -0.15) is 0 Å². The second-order valence-electron chi connectivity index (χ2n) is 14.6. The minimum Gasteiger partial charge on any atom is -0.300 e. The molecule has 3 aromatic carbocycles. The lowest BCUT2D eigenvalue weighted by atomic mass is 9.70. The molecule has 274 valence electrons. The molecule has 51 heavy (non-hydrogen) atoms. The summed E-state index contributed by atoms with van der Waals surface area (Å²) in [6, 6.07) is 23.8. The average Bonchev–Trinajstić information content (AvgIpc) is 3.10. The molecule has 0 saturated carbocycles. The lowest BCUT2D eigenvalue weighted by molar-refractivity contribution is -0.130. The SMILES string of the molecule is CCC.CCCC(CC1CC(=O)c2c(C)ccc(C(CC(=O)CCc3ccccc3)C(=O)CCc3ccccc3)c2C1)C(CC)C(=O)CC(C)=O. The zero-order chi connectivity index (χ0) is 37.3. The minimum absolute atomic E-state index is 0.000566. The van der Waals surface area contributed by atoms with Gasteiger partial charge in [-0.15, -0.1) is 0 Å². The molecular weight excluding hydrogens is 633 g/mol. The van der Waals surface area contributed by atoms with Crippen LogP contribution in [-0.4, -0.2) is 28.9 Å². The first-order chi connectivity index (χ1) is 24.5. The van der Waals surface area contributed by atoms with Crippen LogP contribution in [0, 0.1) is 24.7 Å². The van der Waals surface area contributed by atoms with Crippen LogP contribution in [0.1, 0.15) is 143 Å². The van der Waals surface area contributed by atoms with Crippen LogP contribution in [0.25, 0.3) is 0 Å². The van der Waals surface area contributed by atoms with E-state index in [1.807, 2.05) is 86.6 Å². The Hall–Kier alpha value is -3.99. The Kier molecular flexibility index (Phi) is 17.4. The average molecular weight is 693 g/mol. The van der Waals surface area contributed by atoms with E-state index in [-0.39, 0.29) is 59.5 Å². The molecule has 0 bridgehead atoms. The predicted molar refractivity (Wildman–Crippen MR) is 207 cm³/mol. The molecule has 0 aliphatic heterocycles. The van der Waals surface area contributed by atoms with Crippen LogP contribution in [0.4, 0.5) is 0 Å². The zero-order valence-corrected chi connectivity index (χ0v) is 32.0. The van der Waals surface area contributed by atoms with Crippen molar-refractivity contribution in [3.05, 3.63) is 106 Å². The number of Topliss-reactive ketones (excluding diaryl/α,β-unsaturated/α-hetero) is 5. The topological polar surface area (TPSA) is 85.3 Å². The molecule has 5 heteroatoms. The second kappa shape index (κ2) is 21.4. The zero-order valence-electron chi connectivity index (χ0n) is 32.0. The van der Waals surface area contributed by atoms with Gasteiger partial charge in [-0.1, -0.05) is 120 Å². The Balaban J connectivity index is 0.00000226. The Labute approximate surface area is 307 Å². The van der Waals surface area contributed by atoms with E-state index in [0.29, 0.717) is 50.5 Å². The fourth-order valence-corrected chi connectivity index (χ4v) is 7.83. The second-order valence-corrected chi connectivity index (χ2v) is 14.6. The Bertz CT molecular complexity index is 1590. The lowest BCUT2D eigenvalue weighted by Gasteiger charge is -2.33. The molecule has 4 atom stereocenters. The summed E-state index contributed by atoms with van der Waals surface area (Å²) in [6.07, 6.45) is 7.41. The number of hydrogen-bond donors (Lipinski definition) is 0. The molecule has 3 aromatic rings. The lowest BCUT2D eigenvalue weighted by Crippen LogP contribution is -2.31. The maximum atomic E-state index is 14.1. The fraction of sp³-hybridized carbons (Fsp3) is 0.500. The summed E-state index contributed by atoms with van der Waals surface area (Å²) in [4.78, 5) is 66.4. The first-order valence-electron chi connectivity index (χ1n) is 19.3. The van der Waals surface area contributed by atoms with E-state index >= 15 is 0 Å². The molecule has 0 spiro atoms. The number of carbonyl (C=O) groups is 5. The molecule has 0 N–H and O–H groups in total. The highest BCUT2D eigenvalue weighted by Crippen LogP contribution is 2.40. The molecule has 0 heterocycles. The largest absolute Gasteiger partial charge is 0.300 e. The molecule has 5 nitrogen and oxygen atoms in total. The maximum Gasteiger partial charge on any atom is 0.163 e. The Morgan fingerprint density at radius 1 is 0.765 bits per heavy atom. The molecular formula is C46H60O5. The molecule has 0 saturated heterocycles. The highest BCUT2D eigenvalue weighted by molar-refractivity contribution is 6.02. The third-order valence-corrected chi connectivity index (χ3v) is 10.2. The number of fused-ring (bicyclic) bond motifs is 1. The summed E-state index contributed by atoms with van der Waals surface area (Å²) >= 11 is 0. The monoisotopic (exact) mass is 692 g/mol. The van der Waals surface area contributed by atoms with Gasteiger partial charge in [0.05, 0.1) is 6.42 Å². The maximum absolute atomic E-state index is 14.1. The van der Waals surface area contributed by atoms with Gasteiger partial charge >= 0.3 is 0 Å². The van der Waals surface area contributed by atoms with Gasteiger partial charge in [0.15, 0.2) is 5.78 Å². The summed E-state index contributed by atoms with van der Waals surface area (Å²) in [5.74, 6) is -0.693. The summed E-state index contributed by atoms with van der Waals surface area (Å²) in [5.41, 5.74) is 5.49. The molecule has 1 aliphatic rings. The van der Waals surface area contributed by atoms with Crippen LogP contribution in [0.15, 0.2) is 72.8 Å². The summed E-state index contributed by atoms with van der Waals surface area (Å²) < 4.78 is 0. The molecule has 0 amide bonds. The van der Waals surface area contributed by atoms with Gasteiger partial charge in [0.25, 0.3) is 0 Å². The quantitative estimate of drug-likeness (QED) is 0.117. The summed E-state index contributed by atoms with van der Waals surface area (Å²) in [5, 5.41) is 0. The fourth-order valence-electron chi connectivity index (χ4n) is 7.83. The molecule has 4 rings (SSSR count). The van der Waals surface area contributed by atoms with Gasteiger partial charge in [0.1, 0.15) is 23.1 Å². The smallest absolute Gasteiger partial charge is 0.163 e. The van der Waals surface area contributed by atoms with E-state index in [1.165, 1.54) is 13.3 Å². The van der Waals surface area contributed by atoms with Crippen LogP contribution in [0.3, 0.4) is 0 Å².